The molecule has 1 aromatic heterocycles. The van der Waals surface area contributed by atoms with Crippen molar-refractivity contribution in [1.29, 1.82) is 0 Å². The third-order valence-electron chi connectivity index (χ3n) is 2.52. The van der Waals surface area contributed by atoms with Crippen LogP contribution >= 0.6 is 34.5 Å². The van der Waals surface area contributed by atoms with Gasteiger partial charge in [0, 0.05) is 4.88 Å². The van der Waals surface area contributed by atoms with Crippen molar-refractivity contribution in [3.63, 3.8) is 0 Å². The fourth-order valence-corrected chi connectivity index (χ4v) is 2.82. The van der Waals surface area contributed by atoms with Crippen molar-refractivity contribution in [2.75, 3.05) is 5.32 Å². The Bertz CT molecular complexity index is 697. The maximum Gasteiger partial charge on any atom is 0.339 e. The van der Waals surface area contributed by atoms with Gasteiger partial charge in [-0.15, -0.1) is 11.3 Å². The first-order valence-electron chi connectivity index (χ1n) is 5.49. The fraction of sp³-hybridized carbons (Fsp3) is 0.0769. The average Bonchev–Trinajstić information content (AvgIpc) is 2.80. The first kappa shape index (κ1) is 14.8. The maximum absolute atomic E-state index is 12.1. The van der Waals surface area contributed by atoms with E-state index in [0.29, 0.717) is 4.88 Å². The minimum Gasteiger partial charge on any atom is -0.478 e. The highest BCUT2D eigenvalue weighted by Crippen LogP contribution is 2.32. The van der Waals surface area contributed by atoms with E-state index in [9.17, 15) is 9.59 Å². The molecule has 1 aromatic carbocycles. The SMILES string of the molecule is Cc1ccc(C(=O)Nc2c(Cl)ccc(Cl)c2C(=O)O)s1. The van der Waals surface area contributed by atoms with Crippen LogP contribution in [0, 0.1) is 6.92 Å². The molecular weight excluding hydrogens is 321 g/mol. The normalized spacial score (nSPS) is 10.3. The molecule has 2 N–H and O–H groups in total. The molecule has 1 heterocycles. The number of amides is 1. The molecule has 0 aliphatic carbocycles. The van der Waals surface area contributed by atoms with Crippen molar-refractivity contribution in [3.8, 4) is 0 Å². The minimum atomic E-state index is -1.25. The van der Waals surface area contributed by atoms with Crippen LogP contribution in [0.3, 0.4) is 0 Å². The molecule has 2 aromatic rings. The number of carbonyl (C=O) groups excluding carboxylic acids is 1. The van der Waals surface area contributed by atoms with E-state index in [4.69, 9.17) is 28.3 Å². The maximum atomic E-state index is 12.1. The molecule has 0 fully saturated rings. The molecule has 0 spiro atoms. The first-order valence-corrected chi connectivity index (χ1v) is 7.06. The van der Waals surface area contributed by atoms with Crippen LogP contribution in [0.25, 0.3) is 0 Å². The van der Waals surface area contributed by atoms with E-state index in [0.717, 1.165) is 4.88 Å². The van der Waals surface area contributed by atoms with Crippen molar-refractivity contribution in [3.05, 3.63) is 49.6 Å². The number of aryl methyl sites for hydroxylation is 1. The molecule has 4 nitrogen and oxygen atoms in total. The van der Waals surface area contributed by atoms with E-state index >= 15 is 0 Å². The van der Waals surface area contributed by atoms with Crippen molar-refractivity contribution < 1.29 is 14.7 Å². The Morgan fingerprint density at radius 2 is 1.80 bits per heavy atom. The number of rotatable bonds is 3. The van der Waals surface area contributed by atoms with Crippen LogP contribution in [0.2, 0.25) is 10.0 Å². The van der Waals surface area contributed by atoms with E-state index in [1.807, 2.05) is 6.92 Å². The zero-order chi connectivity index (χ0) is 14.9. The van der Waals surface area contributed by atoms with Crippen LogP contribution in [0.15, 0.2) is 24.3 Å². The van der Waals surface area contributed by atoms with Gasteiger partial charge in [0.25, 0.3) is 5.91 Å². The number of carbonyl (C=O) groups is 2. The van der Waals surface area contributed by atoms with Crippen molar-refractivity contribution in [2.45, 2.75) is 6.92 Å². The van der Waals surface area contributed by atoms with Crippen LogP contribution in [-0.4, -0.2) is 17.0 Å². The van der Waals surface area contributed by atoms with Gasteiger partial charge >= 0.3 is 5.97 Å². The lowest BCUT2D eigenvalue weighted by molar-refractivity contribution is 0.0698. The summed E-state index contributed by atoms with van der Waals surface area (Å²) in [5, 5.41) is 11.8. The third-order valence-corrected chi connectivity index (χ3v) is 4.15. The summed E-state index contributed by atoms with van der Waals surface area (Å²) in [6.07, 6.45) is 0. The molecule has 20 heavy (non-hydrogen) atoms. The topological polar surface area (TPSA) is 66.4 Å². The Balaban J connectivity index is 2.41. The molecule has 0 saturated carbocycles. The smallest absolute Gasteiger partial charge is 0.339 e. The third kappa shape index (κ3) is 2.95. The number of hydrogen-bond donors (Lipinski definition) is 2. The molecule has 104 valence electrons. The van der Waals surface area contributed by atoms with E-state index in [2.05, 4.69) is 5.32 Å². The summed E-state index contributed by atoms with van der Waals surface area (Å²) in [4.78, 5) is 24.7. The second kappa shape index (κ2) is 5.83. The summed E-state index contributed by atoms with van der Waals surface area (Å²) < 4.78 is 0. The van der Waals surface area contributed by atoms with Gasteiger partial charge in [0.05, 0.1) is 20.6 Å². The summed E-state index contributed by atoms with van der Waals surface area (Å²) in [6, 6.07) is 6.27. The number of halogens is 2. The standard InChI is InChI=1S/C13H9Cl2NO3S/c1-6-2-5-9(20-6)12(17)16-11-8(15)4-3-7(14)10(11)13(18)19/h2-5H,1H3,(H,16,17)(H,18,19). The number of nitrogens with one attached hydrogen (secondary N) is 1. The van der Waals surface area contributed by atoms with Crippen LogP contribution < -0.4 is 5.32 Å². The van der Waals surface area contributed by atoms with Gasteiger partial charge < -0.3 is 10.4 Å². The Kier molecular flexibility index (Phi) is 4.32. The summed E-state index contributed by atoms with van der Waals surface area (Å²) in [6.45, 7) is 1.87. The minimum absolute atomic E-state index is 0.00252. The van der Waals surface area contributed by atoms with E-state index in [-0.39, 0.29) is 21.3 Å². The molecular formula is C13H9Cl2NO3S. The van der Waals surface area contributed by atoms with E-state index in [1.165, 1.54) is 23.5 Å². The number of aromatic carboxylic acids is 1. The van der Waals surface area contributed by atoms with Crippen LogP contribution in [-0.2, 0) is 0 Å². The molecule has 0 aliphatic heterocycles. The second-order valence-electron chi connectivity index (χ2n) is 3.95. The lowest BCUT2D eigenvalue weighted by Gasteiger charge is -2.11. The zero-order valence-corrected chi connectivity index (χ0v) is 12.6. The highest BCUT2D eigenvalue weighted by Gasteiger charge is 2.20. The van der Waals surface area contributed by atoms with Gasteiger partial charge in [0.15, 0.2) is 0 Å². The predicted molar refractivity (Wildman–Crippen MR) is 80.4 cm³/mol. The summed E-state index contributed by atoms with van der Waals surface area (Å²) in [5.74, 6) is -1.68. The zero-order valence-electron chi connectivity index (χ0n) is 10.2. The number of carboxylic acids is 1. The second-order valence-corrected chi connectivity index (χ2v) is 6.05. The highest BCUT2D eigenvalue weighted by atomic mass is 35.5. The van der Waals surface area contributed by atoms with Crippen molar-refractivity contribution >= 4 is 52.1 Å². The van der Waals surface area contributed by atoms with E-state index < -0.39 is 11.9 Å². The highest BCUT2D eigenvalue weighted by molar-refractivity contribution is 7.14. The molecule has 2 rings (SSSR count). The van der Waals surface area contributed by atoms with Crippen LogP contribution in [0.5, 0.6) is 0 Å². The van der Waals surface area contributed by atoms with Gasteiger partial charge in [-0.1, -0.05) is 23.2 Å². The molecule has 1 amide bonds. The monoisotopic (exact) mass is 329 g/mol. The number of hydrogen-bond acceptors (Lipinski definition) is 3. The first-order chi connectivity index (χ1) is 9.40. The Hall–Kier alpha value is -1.56. The Labute approximate surface area is 128 Å². The molecule has 0 saturated heterocycles. The van der Waals surface area contributed by atoms with Crippen molar-refractivity contribution in [2.24, 2.45) is 0 Å². The van der Waals surface area contributed by atoms with Gasteiger partial charge in [-0.25, -0.2) is 4.79 Å². The molecule has 7 heteroatoms. The lowest BCUT2D eigenvalue weighted by Crippen LogP contribution is -2.14. The van der Waals surface area contributed by atoms with Gasteiger partial charge in [-0.3, -0.25) is 4.79 Å². The molecule has 0 radical (unpaired) electrons. The lowest BCUT2D eigenvalue weighted by atomic mass is 10.1. The molecule has 0 bridgehead atoms. The predicted octanol–water partition coefficient (Wildman–Crippen LogP) is 4.31. The summed E-state index contributed by atoms with van der Waals surface area (Å²) in [5.41, 5.74) is -0.219. The van der Waals surface area contributed by atoms with Crippen LogP contribution in [0.4, 0.5) is 5.69 Å². The number of benzene rings is 1. The molecule has 0 atom stereocenters. The Morgan fingerprint density at radius 1 is 1.15 bits per heavy atom. The summed E-state index contributed by atoms with van der Waals surface area (Å²) >= 11 is 13.1. The van der Waals surface area contributed by atoms with E-state index in [1.54, 1.807) is 12.1 Å². The Morgan fingerprint density at radius 3 is 2.35 bits per heavy atom. The number of thiophene rings is 1. The molecule has 0 unspecified atom stereocenters. The quantitative estimate of drug-likeness (QED) is 0.881. The molecule has 0 aliphatic rings. The summed E-state index contributed by atoms with van der Waals surface area (Å²) in [7, 11) is 0. The number of carboxylic acid groups (broad SMARTS) is 1. The van der Waals surface area contributed by atoms with Crippen LogP contribution in [0.1, 0.15) is 24.9 Å². The fourth-order valence-electron chi connectivity index (χ4n) is 1.61. The van der Waals surface area contributed by atoms with Gasteiger partial charge in [0.1, 0.15) is 5.56 Å². The van der Waals surface area contributed by atoms with Crippen molar-refractivity contribution in [1.82, 2.24) is 0 Å². The average molecular weight is 330 g/mol. The van der Waals surface area contributed by atoms with Gasteiger partial charge in [0.2, 0.25) is 0 Å². The number of anilines is 1. The largest absolute Gasteiger partial charge is 0.478 e. The van der Waals surface area contributed by atoms with Gasteiger partial charge in [-0.05, 0) is 31.2 Å². The van der Waals surface area contributed by atoms with Gasteiger partial charge in [-0.2, -0.15) is 0 Å².